The van der Waals surface area contributed by atoms with Crippen molar-refractivity contribution in [3.8, 4) is 11.5 Å². The molecule has 0 saturated carbocycles. The van der Waals surface area contributed by atoms with E-state index in [2.05, 4.69) is 33.1 Å². The molecule has 0 aliphatic carbocycles. The van der Waals surface area contributed by atoms with Crippen LogP contribution in [0.25, 0.3) is 0 Å². The molecule has 8 heteroatoms. The van der Waals surface area contributed by atoms with E-state index in [0.717, 1.165) is 3.57 Å². The summed E-state index contributed by atoms with van der Waals surface area (Å²) in [6.45, 7) is 0. The fraction of sp³-hybridized carbons (Fsp3) is 0.0500. The van der Waals surface area contributed by atoms with Crippen LogP contribution in [0, 0.1) is 3.57 Å². The summed E-state index contributed by atoms with van der Waals surface area (Å²) in [5.74, 6) is -0.275. The first kappa shape index (κ1) is 19.6. The second kappa shape index (κ2) is 9.18. The monoisotopic (exact) mass is 490 g/mol. The van der Waals surface area contributed by atoms with E-state index in [1.807, 2.05) is 6.07 Å². The Morgan fingerprint density at radius 2 is 1.96 bits per heavy atom. The topological polar surface area (TPSA) is 90.1 Å². The molecule has 0 bridgehead atoms. The van der Waals surface area contributed by atoms with Crippen LogP contribution in [0.5, 0.6) is 11.5 Å². The lowest BCUT2D eigenvalue weighted by atomic mass is 10.2. The smallest absolute Gasteiger partial charge is 0.379 e. The molecule has 1 aromatic heterocycles. The van der Waals surface area contributed by atoms with Gasteiger partial charge in [-0.1, -0.05) is 6.07 Å². The predicted octanol–water partition coefficient (Wildman–Crippen LogP) is 3.88. The zero-order valence-electron chi connectivity index (χ0n) is 14.7. The van der Waals surface area contributed by atoms with Gasteiger partial charge in [0.25, 0.3) is 5.91 Å². The first-order valence-corrected chi connectivity index (χ1v) is 9.17. The maximum absolute atomic E-state index is 12.1. The fourth-order valence-electron chi connectivity index (χ4n) is 2.25. The standard InChI is InChI=1S/C20H15IN2O5/c1-26-18-10-13(7-8-16(18)28-20(25)17-6-3-9-27-17)12-22-23-19(24)14-4-2-5-15(21)11-14/h2-12H,1H3,(H,23,24). The second-order valence-electron chi connectivity index (χ2n) is 5.49. The minimum Gasteiger partial charge on any atom is -0.493 e. The molecule has 0 unspecified atom stereocenters. The number of carbonyl (C=O) groups excluding carboxylic acids is 2. The van der Waals surface area contributed by atoms with Gasteiger partial charge in [-0.3, -0.25) is 4.79 Å². The van der Waals surface area contributed by atoms with Gasteiger partial charge in [-0.2, -0.15) is 5.10 Å². The van der Waals surface area contributed by atoms with E-state index >= 15 is 0 Å². The highest BCUT2D eigenvalue weighted by Gasteiger charge is 2.14. The van der Waals surface area contributed by atoms with Crippen LogP contribution in [0.3, 0.4) is 0 Å². The van der Waals surface area contributed by atoms with Gasteiger partial charge in [0.15, 0.2) is 11.5 Å². The summed E-state index contributed by atoms with van der Waals surface area (Å²) in [4.78, 5) is 24.1. The maximum atomic E-state index is 12.1. The number of furan rings is 1. The predicted molar refractivity (Wildman–Crippen MR) is 111 cm³/mol. The molecule has 0 radical (unpaired) electrons. The average molecular weight is 490 g/mol. The van der Waals surface area contributed by atoms with Crippen molar-refractivity contribution in [2.45, 2.75) is 0 Å². The molecule has 1 N–H and O–H groups in total. The van der Waals surface area contributed by atoms with E-state index in [1.54, 1.807) is 42.5 Å². The summed E-state index contributed by atoms with van der Waals surface area (Å²) in [7, 11) is 1.46. The summed E-state index contributed by atoms with van der Waals surface area (Å²) in [6, 6.07) is 15.1. The molecule has 28 heavy (non-hydrogen) atoms. The van der Waals surface area contributed by atoms with Crippen LogP contribution in [0.2, 0.25) is 0 Å². The van der Waals surface area contributed by atoms with Crippen molar-refractivity contribution in [3.63, 3.8) is 0 Å². The molecule has 0 aliphatic heterocycles. The van der Waals surface area contributed by atoms with Gasteiger partial charge >= 0.3 is 5.97 Å². The van der Waals surface area contributed by atoms with E-state index in [0.29, 0.717) is 16.9 Å². The maximum Gasteiger partial charge on any atom is 0.379 e. The molecule has 0 saturated heterocycles. The Morgan fingerprint density at radius 1 is 1.11 bits per heavy atom. The van der Waals surface area contributed by atoms with Crippen molar-refractivity contribution in [1.29, 1.82) is 0 Å². The molecule has 0 fully saturated rings. The zero-order chi connectivity index (χ0) is 19.9. The SMILES string of the molecule is COc1cc(C=NNC(=O)c2cccc(I)c2)ccc1OC(=O)c1ccco1. The van der Waals surface area contributed by atoms with Gasteiger partial charge in [0.1, 0.15) is 0 Å². The van der Waals surface area contributed by atoms with E-state index in [4.69, 9.17) is 13.9 Å². The largest absolute Gasteiger partial charge is 0.493 e. The molecular weight excluding hydrogens is 475 g/mol. The third-order valence-corrected chi connectivity index (χ3v) is 4.25. The lowest BCUT2D eigenvalue weighted by molar-refractivity contribution is 0.0696. The summed E-state index contributed by atoms with van der Waals surface area (Å²) >= 11 is 2.13. The van der Waals surface area contributed by atoms with Crippen LogP contribution in [-0.4, -0.2) is 25.2 Å². The first-order chi connectivity index (χ1) is 13.6. The molecule has 7 nitrogen and oxygen atoms in total. The number of halogens is 1. The van der Waals surface area contributed by atoms with Crippen molar-refractivity contribution >= 4 is 40.7 Å². The van der Waals surface area contributed by atoms with Gasteiger partial charge in [0.05, 0.1) is 19.6 Å². The third kappa shape index (κ3) is 4.97. The van der Waals surface area contributed by atoms with Gasteiger partial charge in [0.2, 0.25) is 5.76 Å². The number of hydrazone groups is 1. The Bertz CT molecular complexity index is 1020. The van der Waals surface area contributed by atoms with Crippen LogP contribution in [0.15, 0.2) is 70.4 Å². The van der Waals surface area contributed by atoms with E-state index in [9.17, 15) is 9.59 Å². The molecule has 3 aromatic rings. The Labute approximate surface area is 174 Å². The zero-order valence-corrected chi connectivity index (χ0v) is 16.9. The number of amides is 1. The van der Waals surface area contributed by atoms with Crippen LogP contribution in [0.1, 0.15) is 26.5 Å². The van der Waals surface area contributed by atoms with Gasteiger partial charge < -0.3 is 13.9 Å². The lowest BCUT2D eigenvalue weighted by Gasteiger charge is -2.09. The summed E-state index contributed by atoms with van der Waals surface area (Å²) in [5.41, 5.74) is 3.63. The van der Waals surface area contributed by atoms with Crippen LogP contribution >= 0.6 is 22.6 Å². The van der Waals surface area contributed by atoms with Crippen LogP contribution in [-0.2, 0) is 0 Å². The van der Waals surface area contributed by atoms with Gasteiger partial charge in [0, 0.05) is 9.13 Å². The summed E-state index contributed by atoms with van der Waals surface area (Å²) in [6.07, 6.45) is 2.85. The van der Waals surface area contributed by atoms with Gasteiger partial charge in [-0.15, -0.1) is 0 Å². The molecule has 3 rings (SSSR count). The number of hydrogen-bond acceptors (Lipinski definition) is 6. The van der Waals surface area contributed by atoms with E-state index in [1.165, 1.54) is 25.7 Å². The summed E-state index contributed by atoms with van der Waals surface area (Å²) < 4.78 is 16.5. The number of carbonyl (C=O) groups is 2. The van der Waals surface area contributed by atoms with Gasteiger partial charge in [-0.05, 0) is 76.7 Å². The number of rotatable bonds is 6. The number of hydrogen-bond donors (Lipinski definition) is 1. The fourth-order valence-corrected chi connectivity index (χ4v) is 2.80. The van der Waals surface area contributed by atoms with Crippen molar-refractivity contribution < 1.29 is 23.5 Å². The Kier molecular flexibility index (Phi) is 6.43. The molecule has 0 aliphatic rings. The number of esters is 1. The minimum atomic E-state index is -0.630. The van der Waals surface area contributed by atoms with Crippen molar-refractivity contribution in [3.05, 3.63) is 81.3 Å². The summed E-state index contributed by atoms with van der Waals surface area (Å²) in [5, 5.41) is 3.95. The average Bonchev–Trinajstić information content (AvgIpc) is 3.24. The molecular formula is C20H15IN2O5. The second-order valence-corrected chi connectivity index (χ2v) is 6.73. The normalized spacial score (nSPS) is 10.6. The number of ether oxygens (including phenoxy) is 2. The van der Waals surface area contributed by atoms with Crippen molar-refractivity contribution in [2.75, 3.05) is 7.11 Å². The Morgan fingerprint density at radius 3 is 2.68 bits per heavy atom. The Hall–Kier alpha value is -3.14. The molecule has 2 aromatic carbocycles. The number of benzene rings is 2. The molecule has 0 atom stereocenters. The molecule has 142 valence electrons. The van der Waals surface area contributed by atoms with E-state index in [-0.39, 0.29) is 17.4 Å². The van der Waals surface area contributed by atoms with Crippen LogP contribution in [0.4, 0.5) is 0 Å². The lowest BCUT2D eigenvalue weighted by Crippen LogP contribution is -2.17. The van der Waals surface area contributed by atoms with Crippen molar-refractivity contribution in [2.24, 2.45) is 5.10 Å². The quantitative estimate of drug-likeness (QED) is 0.186. The molecule has 0 spiro atoms. The minimum absolute atomic E-state index is 0.0889. The number of nitrogens with one attached hydrogen (secondary N) is 1. The third-order valence-electron chi connectivity index (χ3n) is 3.58. The number of methoxy groups -OCH3 is 1. The van der Waals surface area contributed by atoms with Gasteiger partial charge in [-0.25, -0.2) is 10.2 Å². The van der Waals surface area contributed by atoms with E-state index < -0.39 is 5.97 Å². The highest BCUT2D eigenvalue weighted by Crippen LogP contribution is 2.28. The van der Waals surface area contributed by atoms with Crippen molar-refractivity contribution in [1.82, 2.24) is 5.43 Å². The highest BCUT2D eigenvalue weighted by molar-refractivity contribution is 14.1. The molecule has 1 amide bonds. The van der Waals surface area contributed by atoms with Crippen LogP contribution < -0.4 is 14.9 Å². The Balaban J connectivity index is 1.67. The molecule has 1 heterocycles. The number of nitrogens with zero attached hydrogens (tertiary/aromatic N) is 1. The first-order valence-electron chi connectivity index (χ1n) is 8.09. The highest BCUT2D eigenvalue weighted by atomic mass is 127.